The number of anilines is 1. The smallest absolute Gasteiger partial charge is 0.329 e. The minimum absolute atomic E-state index is 0.163. The van der Waals surface area contributed by atoms with Crippen LogP contribution in [0.25, 0.3) is 0 Å². The maximum absolute atomic E-state index is 12.1. The molecule has 0 bridgehead atoms. The number of hydrazone groups is 1. The number of carbonyl (C=O) groups is 3. The monoisotopic (exact) mass is 460 g/mol. The van der Waals surface area contributed by atoms with E-state index in [9.17, 15) is 14.4 Å². The van der Waals surface area contributed by atoms with Gasteiger partial charge in [-0.3, -0.25) is 14.4 Å². The van der Waals surface area contributed by atoms with Crippen molar-refractivity contribution in [3.8, 4) is 5.75 Å². The van der Waals surface area contributed by atoms with Crippen molar-refractivity contribution in [2.24, 2.45) is 5.10 Å². The summed E-state index contributed by atoms with van der Waals surface area (Å²) in [6.07, 6.45) is 1.37. The second-order valence-electron chi connectivity index (χ2n) is 5.93. The molecule has 0 saturated heterocycles. The molecule has 0 spiro atoms. The fraction of sp³-hybridized carbons (Fsp3) is 0.200. The van der Waals surface area contributed by atoms with Gasteiger partial charge in [-0.05, 0) is 55.3 Å². The predicted molar refractivity (Wildman–Crippen MR) is 114 cm³/mol. The molecule has 0 fully saturated rings. The van der Waals surface area contributed by atoms with Gasteiger partial charge in [0.25, 0.3) is 5.91 Å². The van der Waals surface area contributed by atoms with Crippen LogP contribution in [-0.2, 0) is 14.4 Å². The van der Waals surface area contributed by atoms with Crippen molar-refractivity contribution in [1.82, 2.24) is 10.7 Å². The molecule has 0 aliphatic rings. The minimum atomic E-state index is -0.851. The fourth-order valence-corrected chi connectivity index (χ4v) is 2.72. The largest absolute Gasteiger partial charge is 0.484 e. The summed E-state index contributed by atoms with van der Waals surface area (Å²) < 4.78 is 6.44. The number of ether oxygens (including phenoxy) is 1. The van der Waals surface area contributed by atoms with Crippen LogP contribution >= 0.6 is 15.9 Å². The molecular formula is C20H21BrN4O4. The van der Waals surface area contributed by atoms with E-state index in [1.807, 2.05) is 25.1 Å². The molecule has 0 atom stereocenters. The summed E-state index contributed by atoms with van der Waals surface area (Å²) in [5, 5.41) is 8.89. The highest BCUT2D eigenvalue weighted by Crippen LogP contribution is 2.20. The Labute approximate surface area is 176 Å². The predicted octanol–water partition coefficient (Wildman–Crippen LogP) is 2.36. The third kappa shape index (κ3) is 7.38. The Balaban J connectivity index is 1.87. The molecule has 0 aromatic heterocycles. The zero-order valence-corrected chi connectivity index (χ0v) is 17.6. The number of hydrogen-bond donors (Lipinski definition) is 3. The molecule has 9 heteroatoms. The molecule has 152 valence electrons. The summed E-state index contributed by atoms with van der Waals surface area (Å²) in [4.78, 5) is 34.9. The van der Waals surface area contributed by atoms with Gasteiger partial charge in [0.15, 0.2) is 6.61 Å². The van der Waals surface area contributed by atoms with Gasteiger partial charge < -0.3 is 15.4 Å². The Morgan fingerprint density at radius 1 is 1.14 bits per heavy atom. The normalized spacial score (nSPS) is 10.4. The molecule has 2 aromatic rings. The van der Waals surface area contributed by atoms with E-state index in [0.717, 1.165) is 10.0 Å². The number of likely N-dealkylation sites (N-methyl/N-ethyl adjacent to an activating group) is 1. The second kappa shape index (κ2) is 11.0. The second-order valence-corrected chi connectivity index (χ2v) is 6.84. The number of amides is 3. The SMILES string of the molecule is CCNC(=O)C(=O)N/N=C\c1cccc(OCC(=O)Nc2ccc(Br)cc2C)c1. The number of rotatable bonds is 7. The lowest BCUT2D eigenvalue weighted by Gasteiger charge is -2.10. The Morgan fingerprint density at radius 3 is 2.66 bits per heavy atom. The number of carbonyl (C=O) groups excluding carboxylic acids is 3. The fourth-order valence-electron chi connectivity index (χ4n) is 2.24. The Bertz CT molecular complexity index is 930. The number of benzene rings is 2. The van der Waals surface area contributed by atoms with Gasteiger partial charge in [-0.15, -0.1) is 0 Å². The van der Waals surface area contributed by atoms with Crippen molar-refractivity contribution < 1.29 is 19.1 Å². The maximum atomic E-state index is 12.1. The van der Waals surface area contributed by atoms with Gasteiger partial charge in [0.2, 0.25) is 0 Å². The maximum Gasteiger partial charge on any atom is 0.329 e. The van der Waals surface area contributed by atoms with E-state index in [-0.39, 0.29) is 12.5 Å². The van der Waals surface area contributed by atoms with Crippen LogP contribution in [0.4, 0.5) is 5.69 Å². The van der Waals surface area contributed by atoms with Gasteiger partial charge >= 0.3 is 11.8 Å². The van der Waals surface area contributed by atoms with Crippen molar-refractivity contribution in [3.63, 3.8) is 0 Å². The molecule has 0 heterocycles. The van der Waals surface area contributed by atoms with Crippen LogP contribution in [0.2, 0.25) is 0 Å². The zero-order chi connectivity index (χ0) is 21.2. The molecule has 0 unspecified atom stereocenters. The lowest BCUT2D eigenvalue weighted by molar-refractivity contribution is -0.139. The first-order valence-electron chi connectivity index (χ1n) is 8.79. The summed E-state index contributed by atoms with van der Waals surface area (Å²) in [5.74, 6) is -1.43. The van der Waals surface area contributed by atoms with Crippen LogP contribution < -0.4 is 20.8 Å². The summed E-state index contributed by atoms with van der Waals surface area (Å²) in [6.45, 7) is 3.79. The third-order valence-corrected chi connectivity index (χ3v) is 4.11. The highest BCUT2D eigenvalue weighted by atomic mass is 79.9. The van der Waals surface area contributed by atoms with Gasteiger partial charge in [-0.1, -0.05) is 28.1 Å². The van der Waals surface area contributed by atoms with E-state index in [4.69, 9.17) is 4.74 Å². The summed E-state index contributed by atoms with van der Waals surface area (Å²) in [6, 6.07) is 12.4. The Hall–Kier alpha value is -3.20. The summed E-state index contributed by atoms with van der Waals surface area (Å²) in [5.41, 5.74) is 4.40. The molecule has 2 aromatic carbocycles. The van der Waals surface area contributed by atoms with Crippen molar-refractivity contribution >= 4 is 45.6 Å². The summed E-state index contributed by atoms with van der Waals surface area (Å²) >= 11 is 3.38. The molecular weight excluding hydrogens is 440 g/mol. The minimum Gasteiger partial charge on any atom is -0.484 e. The van der Waals surface area contributed by atoms with Crippen molar-refractivity contribution in [2.45, 2.75) is 13.8 Å². The Morgan fingerprint density at radius 2 is 1.93 bits per heavy atom. The van der Waals surface area contributed by atoms with Crippen LogP contribution in [0.3, 0.4) is 0 Å². The molecule has 0 aliphatic carbocycles. The molecule has 3 amide bonds. The van der Waals surface area contributed by atoms with E-state index < -0.39 is 11.8 Å². The van der Waals surface area contributed by atoms with E-state index in [0.29, 0.717) is 23.5 Å². The highest BCUT2D eigenvalue weighted by Gasteiger charge is 2.10. The average molecular weight is 461 g/mol. The number of halogens is 1. The topological polar surface area (TPSA) is 109 Å². The van der Waals surface area contributed by atoms with Gasteiger partial charge in [0.1, 0.15) is 5.75 Å². The molecule has 2 rings (SSSR count). The van der Waals surface area contributed by atoms with Crippen LogP contribution in [0, 0.1) is 6.92 Å². The van der Waals surface area contributed by atoms with Crippen LogP contribution in [0.5, 0.6) is 5.75 Å². The molecule has 8 nitrogen and oxygen atoms in total. The van der Waals surface area contributed by atoms with Crippen LogP contribution in [0.1, 0.15) is 18.1 Å². The van der Waals surface area contributed by atoms with Gasteiger partial charge in [-0.25, -0.2) is 5.43 Å². The number of nitrogens with zero attached hydrogens (tertiary/aromatic N) is 1. The Kier molecular flexibility index (Phi) is 8.35. The zero-order valence-electron chi connectivity index (χ0n) is 16.0. The third-order valence-electron chi connectivity index (χ3n) is 3.61. The van der Waals surface area contributed by atoms with Gasteiger partial charge in [-0.2, -0.15) is 5.10 Å². The summed E-state index contributed by atoms with van der Waals surface area (Å²) in [7, 11) is 0. The van der Waals surface area contributed by atoms with E-state index in [1.54, 1.807) is 31.2 Å². The van der Waals surface area contributed by atoms with E-state index >= 15 is 0 Å². The lowest BCUT2D eigenvalue weighted by Crippen LogP contribution is -2.37. The van der Waals surface area contributed by atoms with Crippen molar-refractivity contribution in [2.75, 3.05) is 18.5 Å². The van der Waals surface area contributed by atoms with Crippen LogP contribution in [-0.4, -0.2) is 37.1 Å². The van der Waals surface area contributed by atoms with Crippen molar-refractivity contribution in [3.05, 3.63) is 58.1 Å². The van der Waals surface area contributed by atoms with Crippen molar-refractivity contribution in [1.29, 1.82) is 0 Å². The van der Waals surface area contributed by atoms with Gasteiger partial charge in [0.05, 0.1) is 6.21 Å². The number of aryl methyl sites for hydroxylation is 1. The lowest BCUT2D eigenvalue weighted by atomic mass is 10.2. The van der Waals surface area contributed by atoms with Crippen LogP contribution in [0.15, 0.2) is 52.0 Å². The first-order chi connectivity index (χ1) is 13.9. The number of nitrogens with one attached hydrogen (secondary N) is 3. The highest BCUT2D eigenvalue weighted by molar-refractivity contribution is 9.10. The van der Waals surface area contributed by atoms with E-state index in [2.05, 4.69) is 37.1 Å². The molecule has 3 N–H and O–H groups in total. The molecule has 0 saturated carbocycles. The molecule has 29 heavy (non-hydrogen) atoms. The standard InChI is InChI=1S/C20H21BrN4O4/c1-3-22-19(27)20(28)25-23-11-14-5-4-6-16(10-14)29-12-18(26)24-17-8-7-15(21)9-13(17)2/h4-11H,3,12H2,1-2H3,(H,22,27)(H,24,26)(H,25,28)/b23-11-. The quantitative estimate of drug-likeness (QED) is 0.334. The molecule has 0 radical (unpaired) electrons. The average Bonchev–Trinajstić information content (AvgIpc) is 2.69. The van der Waals surface area contributed by atoms with E-state index in [1.165, 1.54) is 6.21 Å². The number of hydrogen-bond acceptors (Lipinski definition) is 5. The molecule has 0 aliphatic heterocycles. The first kappa shape index (κ1) is 22.1. The first-order valence-corrected chi connectivity index (χ1v) is 9.58. The van der Waals surface area contributed by atoms with Gasteiger partial charge in [0, 0.05) is 16.7 Å².